The summed E-state index contributed by atoms with van der Waals surface area (Å²) in [4.78, 5) is 10.7. The highest BCUT2D eigenvalue weighted by atomic mass is 16.5. The maximum atomic E-state index is 10.7. The lowest BCUT2D eigenvalue weighted by Crippen LogP contribution is -2.45. The summed E-state index contributed by atoms with van der Waals surface area (Å²) < 4.78 is 5.14. The molecule has 90 valence electrons. The molecule has 4 N–H and O–H groups in total. The van der Waals surface area contributed by atoms with E-state index in [1.165, 1.54) is 13.8 Å². The van der Waals surface area contributed by atoms with Crippen LogP contribution >= 0.6 is 0 Å². The van der Waals surface area contributed by atoms with Crippen molar-refractivity contribution in [3.05, 3.63) is 0 Å². The highest BCUT2D eigenvalue weighted by Gasteiger charge is 2.25. The molecule has 4 unspecified atom stereocenters. The number of aliphatic hydroxyl groups is 3. The predicted molar refractivity (Wildman–Crippen MR) is 52.9 cm³/mol. The van der Waals surface area contributed by atoms with E-state index < -0.39 is 31.1 Å². The van der Waals surface area contributed by atoms with Crippen molar-refractivity contribution in [3.8, 4) is 0 Å². The first kappa shape index (κ1) is 14.3. The summed E-state index contributed by atoms with van der Waals surface area (Å²) in [5.41, 5.74) is 0. The molecule has 0 aliphatic heterocycles. The van der Waals surface area contributed by atoms with Gasteiger partial charge >= 0.3 is 0 Å². The molecule has 0 aromatic heterocycles. The Morgan fingerprint density at radius 1 is 1.40 bits per heavy atom. The summed E-state index contributed by atoms with van der Waals surface area (Å²) in [5.74, 6) is -0.272. The first-order valence-corrected chi connectivity index (χ1v) is 4.78. The van der Waals surface area contributed by atoms with Crippen LogP contribution in [0, 0.1) is 0 Å². The van der Waals surface area contributed by atoms with Crippen molar-refractivity contribution < 1.29 is 24.9 Å². The minimum atomic E-state index is -1.19. The van der Waals surface area contributed by atoms with Gasteiger partial charge in [0.1, 0.15) is 18.4 Å². The second kappa shape index (κ2) is 6.73. The van der Waals surface area contributed by atoms with Crippen molar-refractivity contribution in [2.75, 3.05) is 6.61 Å². The van der Waals surface area contributed by atoms with Gasteiger partial charge in [-0.3, -0.25) is 4.79 Å². The Morgan fingerprint density at radius 2 is 1.93 bits per heavy atom. The van der Waals surface area contributed by atoms with Gasteiger partial charge in [-0.05, 0) is 13.8 Å². The molecule has 0 bridgehead atoms. The number of ether oxygens (including phenoxy) is 1. The van der Waals surface area contributed by atoms with E-state index in [0.717, 1.165) is 0 Å². The maximum Gasteiger partial charge on any atom is 0.218 e. The van der Waals surface area contributed by atoms with E-state index in [4.69, 9.17) is 14.9 Å². The van der Waals surface area contributed by atoms with Crippen LogP contribution in [0.15, 0.2) is 0 Å². The number of carbonyl (C=O) groups is 1. The molecule has 6 nitrogen and oxygen atoms in total. The summed E-state index contributed by atoms with van der Waals surface area (Å²) >= 11 is 0. The fourth-order valence-electron chi connectivity index (χ4n) is 1.12. The van der Waals surface area contributed by atoms with Gasteiger partial charge < -0.3 is 25.4 Å². The maximum absolute atomic E-state index is 10.7. The Bertz CT molecular complexity index is 197. The average molecular weight is 221 g/mol. The summed E-state index contributed by atoms with van der Waals surface area (Å²) in [5, 5.41) is 29.9. The van der Waals surface area contributed by atoms with Crippen molar-refractivity contribution in [1.29, 1.82) is 0 Å². The van der Waals surface area contributed by atoms with Crippen LogP contribution in [0.25, 0.3) is 0 Å². The van der Waals surface area contributed by atoms with E-state index >= 15 is 0 Å². The molecule has 6 heteroatoms. The highest BCUT2D eigenvalue weighted by Crippen LogP contribution is 2.06. The molecule has 15 heavy (non-hydrogen) atoms. The molecular formula is C9H19NO5. The van der Waals surface area contributed by atoms with Gasteiger partial charge in [-0.25, -0.2) is 0 Å². The standard InChI is InChI=1S/C9H19NO5/c1-5(12)9(14)8(4-11)15-7(3)10-6(2)13/h5,7-9,11-12,14H,4H2,1-3H3,(H,10,13). The Balaban J connectivity index is 4.14. The van der Waals surface area contributed by atoms with Crippen LogP contribution < -0.4 is 5.32 Å². The van der Waals surface area contributed by atoms with E-state index in [-0.39, 0.29) is 5.91 Å². The van der Waals surface area contributed by atoms with E-state index in [1.54, 1.807) is 6.92 Å². The number of amides is 1. The van der Waals surface area contributed by atoms with E-state index in [2.05, 4.69) is 5.32 Å². The Kier molecular flexibility index (Phi) is 6.42. The number of aliphatic hydroxyl groups excluding tert-OH is 3. The van der Waals surface area contributed by atoms with Gasteiger partial charge in [-0.15, -0.1) is 0 Å². The lowest BCUT2D eigenvalue weighted by atomic mass is 10.1. The van der Waals surface area contributed by atoms with Crippen LogP contribution in [-0.2, 0) is 9.53 Å². The molecule has 0 radical (unpaired) electrons. The van der Waals surface area contributed by atoms with Gasteiger partial charge in [0, 0.05) is 6.92 Å². The van der Waals surface area contributed by atoms with Gasteiger partial charge in [-0.1, -0.05) is 0 Å². The zero-order valence-corrected chi connectivity index (χ0v) is 9.17. The van der Waals surface area contributed by atoms with Gasteiger partial charge in [0.2, 0.25) is 5.91 Å². The third kappa shape index (κ3) is 5.68. The quantitative estimate of drug-likeness (QED) is 0.413. The third-order valence-electron chi connectivity index (χ3n) is 1.84. The number of hydrogen-bond donors (Lipinski definition) is 4. The van der Waals surface area contributed by atoms with Crippen LogP contribution in [0.3, 0.4) is 0 Å². The first-order chi connectivity index (χ1) is 6.88. The third-order valence-corrected chi connectivity index (χ3v) is 1.84. The molecule has 0 rings (SSSR count). The normalized spacial score (nSPS) is 19.1. The molecular weight excluding hydrogens is 202 g/mol. The number of rotatable bonds is 6. The van der Waals surface area contributed by atoms with Gasteiger partial charge in [0.25, 0.3) is 0 Å². The van der Waals surface area contributed by atoms with E-state index in [0.29, 0.717) is 0 Å². The zero-order valence-electron chi connectivity index (χ0n) is 9.17. The van der Waals surface area contributed by atoms with Gasteiger partial charge in [-0.2, -0.15) is 0 Å². The van der Waals surface area contributed by atoms with Crippen LogP contribution in [0.2, 0.25) is 0 Å². The minimum Gasteiger partial charge on any atom is -0.394 e. The molecule has 0 aromatic rings. The molecule has 0 aliphatic carbocycles. The fraction of sp³-hybridized carbons (Fsp3) is 0.889. The molecule has 0 fully saturated rings. The minimum absolute atomic E-state index is 0.272. The summed E-state index contributed by atoms with van der Waals surface area (Å²) in [6.07, 6.45) is -3.75. The van der Waals surface area contributed by atoms with Crippen LogP contribution in [-0.4, -0.2) is 52.4 Å². The lowest BCUT2D eigenvalue weighted by Gasteiger charge is -2.26. The molecule has 4 atom stereocenters. The highest BCUT2D eigenvalue weighted by molar-refractivity contribution is 5.72. The zero-order chi connectivity index (χ0) is 12.0. The van der Waals surface area contributed by atoms with Crippen molar-refractivity contribution in [3.63, 3.8) is 0 Å². The second-order valence-corrected chi connectivity index (χ2v) is 3.43. The van der Waals surface area contributed by atoms with E-state index in [1.807, 2.05) is 0 Å². The fourth-order valence-corrected chi connectivity index (χ4v) is 1.12. The molecule has 0 aromatic carbocycles. The van der Waals surface area contributed by atoms with Crippen molar-refractivity contribution in [2.24, 2.45) is 0 Å². The predicted octanol–water partition coefficient (Wildman–Crippen LogP) is -1.41. The van der Waals surface area contributed by atoms with Crippen molar-refractivity contribution in [2.45, 2.75) is 45.3 Å². The molecule has 0 saturated heterocycles. The van der Waals surface area contributed by atoms with Gasteiger partial charge in [0.05, 0.1) is 12.7 Å². The Labute approximate surface area is 88.9 Å². The molecule has 0 spiro atoms. The Morgan fingerprint density at radius 3 is 2.27 bits per heavy atom. The monoisotopic (exact) mass is 221 g/mol. The summed E-state index contributed by atoms with van der Waals surface area (Å²) in [6, 6.07) is 0. The second-order valence-electron chi connectivity index (χ2n) is 3.43. The summed E-state index contributed by atoms with van der Waals surface area (Å²) in [7, 11) is 0. The largest absolute Gasteiger partial charge is 0.394 e. The summed E-state index contributed by atoms with van der Waals surface area (Å²) in [6.45, 7) is 3.85. The molecule has 0 aliphatic rings. The number of nitrogens with one attached hydrogen (secondary N) is 1. The Hall–Kier alpha value is -0.690. The molecule has 0 heterocycles. The number of hydrogen-bond acceptors (Lipinski definition) is 5. The van der Waals surface area contributed by atoms with Crippen molar-refractivity contribution in [1.82, 2.24) is 5.32 Å². The average Bonchev–Trinajstić information content (AvgIpc) is 2.11. The lowest BCUT2D eigenvalue weighted by molar-refractivity contribution is -0.141. The van der Waals surface area contributed by atoms with E-state index in [9.17, 15) is 9.90 Å². The molecule has 0 saturated carbocycles. The van der Waals surface area contributed by atoms with Crippen LogP contribution in [0.1, 0.15) is 20.8 Å². The van der Waals surface area contributed by atoms with Gasteiger partial charge in [0.15, 0.2) is 0 Å². The molecule has 1 amide bonds. The first-order valence-electron chi connectivity index (χ1n) is 4.78. The smallest absolute Gasteiger partial charge is 0.218 e. The topological polar surface area (TPSA) is 99.0 Å². The van der Waals surface area contributed by atoms with Crippen LogP contribution in [0.5, 0.6) is 0 Å². The number of carbonyl (C=O) groups excluding carboxylic acids is 1. The van der Waals surface area contributed by atoms with Crippen molar-refractivity contribution >= 4 is 5.91 Å². The van der Waals surface area contributed by atoms with Crippen LogP contribution in [0.4, 0.5) is 0 Å². The SMILES string of the molecule is CC(=O)NC(C)OC(CO)C(O)C(C)O.